The summed E-state index contributed by atoms with van der Waals surface area (Å²) in [5.74, 6) is -1.02. The van der Waals surface area contributed by atoms with Crippen molar-refractivity contribution >= 4 is 11.9 Å². The smallest absolute Gasteiger partial charge is 0.328 e. The van der Waals surface area contributed by atoms with Crippen molar-refractivity contribution in [1.82, 2.24) is 5.32 Å². The Bertz CT molecular complexity index is 461. The van der Waals surface area contributed by atoms with Crippen molar-refractivity contribution < 1.29 is 24.2 Å². The second-order valence-electron chi connectivity index (χ2n) is 4.16. The number of carbonyl (C=O) groups excluding carboxylic acids is 1. The van der Waals surface area contributed by atoms with E-state index in [2.05, 4.69) is 5.32 Å². The van der Waals surface area contributed by atoms with Crippen LogP contribution in [0.5, 0.6) is 5.75 Å². The third-order valence-corrected chi connectivity index (χ3v) is 2.68. The molecule has 2 N–H and O–H groups in total. The molecule has 1 aromatic rings. The number of hydrogen-bond donors (Lipinski definition) is 2. The maximum atomic E-state index is 11.7. The van der Waals surface area contributed by atoms with Crippen LogP contribution in [0.3, 0.4) is 0 Å². The first kappa shape index (κ1) is 16.0. The molecule has 0 bridgehead atoms. The lowest BCUT2D eigenvalue weighted by atomic mass is 10.1. The van der Waals surface area contributed by atoms with E-state index in [0.717, 1.165) is 12.0 Å². The van der Waals surface area contributed by atoms with Gasteiger partial charge in [0.2, 0.25) is 0 Å². The molecule has 1 aromatic carbocycles. The molecule has 0 fully saturated rings. The molecular weight excluding hydrogens is 262 g/mol. The van der Waals surface area contributed by atoms with Gasteiger partial charge >= 0.3 is 5.97 Å². The van der Waals surface area contributed by atoms with Crippen LogP contribution < -0.4 is 10.1 Å². The van der Waals surface area contributed by atoms with Crippen LogP contribution in [0.25, 0.3) is 0 Å². The van der Waals surface area contributed by atoms with Gasteiger partial charge in [0.15, 0.2) is 12.6 Å². The number of benzene rings is 1. The van der Waals surface area contributed by atoms with Gasteiger partial charge in [0.25, 0.3) is 5.91 Å². The maximum Gasteiger partial charge on any atom is 0.328 e. The predicted octanol–water partition coefficient (Wildman–Crippen LogP) is 0.844. The van der Waals surface area contributed by atoms with Crippen LogP contribution in [-0.4, -0.2) is 43.3 Å². The minimum Gasteiger partial charge on any atom is -0.483 e. The van der Waals surface area contributed by atoms with Gasteiger partial charge in [-0.1, -0.05) is 25.1 Å². The third-order valence-electron chi connectivity index (χ3n) is 2.68. The maximum absolute atomic E-state index is 11.7. The summed E-state index contributed by atoms with van der Waals surface area (Å²) >= 11 is 0. The first-order chi connectivity index (χ1) is 9.58. The lowest BCUT2D eigenvalue weighted by molar-refractivity contribution is -0.143. The molecular formula is C14H19NO5. The third kappa shape index (κ3) is 4.89. The molecule has 0 saturated heterocycles. The molecule has 0 aliphatic rings. The summed E-state index contributed by atoms with van der Waals surface area (Å²) in [6, 6.07) is 6.33. The van der Waals surface area contributed by atoms with Gasteiger partial charge in [-0.25, -0.2) is 4.79 Å². The Morgan fingerprint density at radius 1 is 1.35 bits per heavy atom. The zero-order valence-electron chi connectivity index (χ0n) is 11.6. The Morgan fingerprint density at radius 2 is 2.05 bits per heavy atom. The fourth-order valence-corrected chi connectivity index (χ4v) is 1.66. The number of aliphatic carboxylic acids is 1. The van der Waals surface area contributed by atoms with E-state index >= 15 is 0 Å². The number of carboxylic acid groups (broad SMARTS) is 1. The zero-order chi connectivity index (χ0) is 15.0. The molecule has 6 heteroatoms. The number of nitrogens with one attached hydrogen (secondary N) is 1. The summed E-state index contributed by atoms with van der Waals surface area (Å²) < 4.78 is 10.1. The number of hydrogen-bond acceptors (Lipinski definition) is 4. The quantitative estimate of drug-likeness (QED) is 0.737. The molecule has 1 unspecified atom stereocenters. The minimum absolute atomic E-state index is 0.0907. The van der Waals surface area contributed by atoms with E-state index in [4.69, 9.17) is 14.6 Å². The first-order valence-corrected chi connectivity index (χ1v) is 6.30. The van der Waals surface area contributed by atoms with Crippen LogP contribution in [0, 0.1) is 0 Å². The average Bonchev–Trinajstić information content (AvgIpc) is 2.44. The van der Waals surface area contributed by atoms with E-state index < -0.39 is 17.9 Å². The van der Waals surface area contributed by atoms with E-state index in [1.807, 2.05) is 25.1 Å². The van der Waals surface area contributed by atoms with E-state index in [1.165, 1.54) is 7.11 Å². The number of carboxylic acids is 1. The minimum atomic E-state index is -1.14. The highest BCUT2D eigenvalue weighted by atomic mass is 16.5. The summed E-state index contributed by atoms with van der Waals surface area (Å²) in [5.41, 5.74) is 0.993. The Morgan fingerprint density at radius 3 is 2.65 bits per heavy atom. The normalized spacial score (nSPS) is 11.7. The summed E-state index contributed by atoms with van der Waals surface area (Å²) in [4.78, 5) is 22.5. The summed E-state index contributed by atoms with van der Waals surface area (Å²) in [5, 5.41) is 11.2. The molecule has 6 nitrogen and oxygen atoms in total. The van der Waals surface area contributed by atoms with Gasteiger partial charge in [0.05, 0.1) is 6.61 Å². The average molecular weight is 281 g/mol. The van der Waals surface area contributed by atoms with Crippen molar-refractivity contribution in [2.75, 3.05) is 20.3 Å². The molecule has 0 spiro atoms. The molecule has 0 aromatic heterocycles. The van der Waals surface area contributed by atoms with Crippen molar-refractivity contribution in [1.29, 1.82) is 0 Å². The van der Waals surface area contributed by atoms with Crippen molar-refractivity contribution in [3.63, 3.8) is 0 Å². The fourth-order valence-electron chi connectivity index (χ4n) is 1.66. The van der Waals surface area contributed by atoms with Crippen molar-refractivity contribution in [2.24, 2.45) is 0 Å². The Kier molecular flexibility index (Phi) is 6.52. The van der Waals surface area contributed by atoms with E-state index in [0.29, 0.717) is 5.75 Å². The van der Waals surface area contributed by atoms with Crippen molar-refractivity contribution in [3.8, 4) is 5.75 Å². The van der Waals surface area contributed by atoms with Gasteiger partial charge in [-0.3, -0.25) is 4.79 Å². The van der Waals surface area contributed by atoms with Gasteiger partial charge < -0.3 is 19.9 Å². The molecule has 110 valence electrons. The molecule has 0 saturated carbocycles. The van der Waals surface area contributed by atoms with Crippen LogP contribution in [0.2, 0.25) is 0 Å². The highest BCUT2D eigenvalue weighted by molar-refractivity contribution is 5.84. The zero-order valence-corrected chi connectivity index (χ0v) is 11.6. The van der Waals surface area contributed by atoms with Crippen molar-refractivity contribution in [2.45, 2.75) is 19.4 Å². The summed E-state index contributed by atoms with van der Waals surface area (Å²) in [6.07, 6.45) is 0.791. The van der Waals surface area contributed by atoms with Gasteiger partial charge in [-0.15, -0.1) is 0 Å². The fraction of sp³-hybridized carbons (Fsp3) is 0.429. The number of ether oxygens (including phenoxy) is 2. The summed E-state index contributed by atoms with van der Waals surface area (Å²) in [7, 11) is 1.37. The Balaban J connectivity index is 2.52. The predicted molar refractivity (Wildman–Crippen MR) is 72.8 cm³/mol. The first-order valence-electron chi connectivity index (χ1n) is 6.30. The Hall–Kier alpha value is -2.08. The number of aryl methyl sites for hydroxylation is 1. The molecule has 1 rings (SSSR count). The number of carbonyl (C=O) groups is 2. The molecule has 0 aliphatic heterocycles. The van der Waals surface area contributed by atoms with Crippen LogP contribution in [0.4, 0.5) is 0 Å². The van der Waals surface area contributed by atoms with Crippen LogP contribution in [-0.2, 0) is 20.7 Å². The van der Waals surface area contributed by atoms with Gasteiger partial charge in [0.1, 0.15) is 5.75 Å². The highest BCUT2D eigenvalue weighted by Crippen LogP contribution is 2.17. The van der Waals surface area contributed by atoms with Crippen molar-refractivity contribution in [3.05, 3.63) is 29.8 Å². The van der Waals surface area contributed by atoms with Gasteiger partial charge in [-0.2, -0.15) is 0 Å². The molecule has 0 heterocycles. The van der Waals surface area contributed by atoms with Gasteiger partial charge in [-0.05, 0) is 18.1 Å². The number of rotatable bonds is 8. The lowest BCUT2D eigenvalue weighted by Crippen LogP contribution is -2.45. The van der Waals surface area contributed by atoms with E-state index in [1.54, 1.807) is 6.07 Å². The molecule has 20 heavy (non-hydrogen) atoms. The molecule has 0 aliphatic carbocycles. The second-order valence-corrected chi connectivity index (χ2v) is 4.16. The standard InChI is InChI=1S/C14H19NO5/c1-3-10-6-4-5-7-12(10)20-9-13(16)15-11(8-19-2)14(17)18/h4-7,11H,3,8-9H2,1-2H3,(H,15,16)(H,17,18). The number of methoxy groups -OCH3 is 1. The molecule has 1 amide bonds. The van der Waals surface area contributed by atoms with E-state index in [-0.39, 0.29) is 13.2 Å². The lowest BCUT2D eigenvalue weighted by Gasteiger charge is -2.14. The molecule has 1 atom stereocenters. The molecule has 0 radical (unpaired) electrons. The topological polar surface area (TPSA) is 84.9 Å². The Labute approximate surface area is 117 Å². The summed E-state index contributed by atoms with van der Waals surface area (Å²) in [6.45, 7) is 1.67. The largest absolute Gasteiger partial charge is 0.483 e. The van der Waals surface area contributed by atoms with Crippen LogP contribution in [0.15, 0.2) is 24.3 Å². The number of amides is 1. The highest BCUT2D eigenvalue weighted by Gasteiger charge is 2.19. The van der Waals surface area contributed by atoms with E-state index in [9.17, 15) is 9.59 Å². The SMILES string of the molecule is CCc1ccccc1OCC(=O)NC(COC)C(=O)O. The second kappa shape index (κ2) is 8.16. The van der Waals surface area contributed by atoms with Crippen LogP contribution >= 0.6 is 0 Å². The van der Waals surface area contributed by atoms with Gasteiger partial charge in [0, 0.05) is 7.11 Å². The van der Waals surface area contributed by atoms with Crippen LogP contribution in [0.1, 0.15) is 12.5 Å². The monoisotopic (exact) mass is 281 g/mol. The number of para-hydroxylation sites is 1.